The Kier molecular flexibility index (Phi) is 7.30. The quantitative estimate of drug-likeness (QED) is 0.674. The van der Waals surface area contributed by atoms with E-state index in [0.29, 0.717) is 26.2 Å². The van der Waals surface area contributed by atoms with Crippen molar-refractivity contribution in [1.82, 2.24) is 15.1 Å². The second kappa shape index (κ2) is 10.1. The molecule has 0 spiro atoms. The van der Waals surface area contributed by atoms with Crippen molar-refractivity contribution in [3.8, 4) is 5.75 Å². The Hall–Kier alpha value is -2.80. The molecule has 2 heterocycles. The fraction of sp³-hybridized carbons (Fsp3) is 0.364. The molecule has 0 saturated carbocycles. The molecule has 0 radical (unpaired) electrons. The third-order valence-corrected chi connectivity index (χ3v) is 5.85. The molecule has 1 atom stereocenters. The molecule has 0 fully saturated rings. The number of amides is 3. The lowest BCUT2D eigenvalue weighted by Gasteiger charge is -2.37. The molecular formula is C22H27N3O3S. The van der Waals surface area contributed by atoms with Crippen molar-refractivity contribution in [3.63, 3.8) is 0 Å². The van der Waals surface area contributed by atoms with Crippen molar-refractivity contribution in [2.24, 2.45) is 0 Å². The molecule has 1 aliphatic heterocycles. The van der Waals surface area contributed by atoms with Gasteiger partial charge in [-0.15, -0.1) is 17.9 Å². The molecule has 1 aromatic carbocycles. The van der Waals surface area contributed by atoms with Crippen molar-refractivity contribution in [2.45, 2.75) is 19.4 Å². The number of carbonyl (C=O) groups is 2. The SMILES string of the molecule is C=CCN(CC(=O)N1CCc2sccc2[C@@H]1COc1ccccc1)C(=O)NCC. The molecule has 0 aliphatic carbocycles. The van der Waals surface area contributed by atoms with Crippen LogP contribution in [0.5, 0.6) is 5.75 Å². The van der Waals surface area contributed by atoms with E-state index in [2.05, 4.69) is 23.3 Å². The minimum absolute atomic E-state index is 0.0131. The largest absolute Gasteiger partial charge is 0.491 e. The van der Waals surface area contributed by atoms with Gasteiger partial charge in [0.2, 0.25) is 5.91 Å². The fourth-order valence-corrected chi connectivity index (χ4v) is 4.39. The summed E-state index contributed by atoms with van der Waals surface area (Å²) in [5, 5.41) is 4.82. The molecule has 6 nitrogen and oxygen atoms in total. The van der Waals surface area contributed by atoms with E-state index in [9.17, 15) is 9.59 Å². The van der Waals surface area contributed by atoms with Crippen LogP contribution in [0.4, 0.5) is 4.79 Å². The van der Waals surface area contributed by atoms with Gasteiger partial charge in [-0.1, -0.05) is 24.3 Å². The summed E-state index contributed by atoms with van der Waals surface area (Å²) in [6.07, 6.45) is 2.45. The van der Waals surface area contributed by atoms with E-state index in [1.165, 1.54) is 9.78 Å². The lowest BCUT2D eigenvalue weighted by atomic mass is 10.0. The van der Waals surface area contributed by atoms with Crippen molar-refractivity contribution in [3.05, 3.63) is 64.9 Å². The standard InChI is InChI=1S/C22H27N3O3S/c1-3-12-24(22(27)23-4-2)15-21(26)25-13-10-20-18(11-14-29-20)19(25)16-28-17-8-6-5-7-9-17/h3,5-9,11,14,19H,1,4,10,12-13,15-16H2,2H3,(H,23,27)/t19-/m0/s1. The number of para-hydroxylation sites is 1. The van der Waals surface area contributed by atoms with Crippen LogP contribution in [0.3, 0.4) is 0 Å². The first-order valence-corrected chi connectivity index (χ1v) is 10.7. The Labute approximate surface area is 175 Å². The van der Waals surface area contributed by atoms with Crippen molar-refractivity contribution in [2.75, 3.05) is 32.8 Å². The molecule has 7 heteroatoms. The van der Waals surface area contributed by atoms with E-state index < -0.39 is 0 Å². The number of carbonyl (C=O) groups excluding carboxylic acids is 2. The molecule has 3 rings (SSSR count). The smallest absolute Gasteiger partial charge is 0.318 e. The zero-order chi connectivity index (χ0) is 20.6. The Morgan fingerprint density at radius 1 is 1.34 bits per heavy atom. The molecule has 0 saturated heterocycles. The number of rotatable bonds is 8. The average molecular weight is 414 g/mol. The molecule has 1 aromatic heterocycles. The minimum atomic E-state index is -0.258. The maximum atomic E-state index is 13.2. The number of fused-ring (bicyclic) bond motifs is 1. The molecule has 154 valence electrons. The van der Waals surface area contributed by atoms with Crippen LogP contribution in [0.2, 0.25) is 0 Å². The van der Waals surface area contributed by atoms with Gasteiger partial charge in [0, 0.05) is 24.5 Å². The van der Waals surface area contributed by atoms with E-state index in [1.54, 1.807) is 17.4 Å². The highest BCUT2D eigenvalue weighted by Crippen LogP contribution is 2.34. The Morgan fingerprint density at radius 3 is 2.86 bits per heavy atom. The van der Waals surface area contributed by atoms with E-state index >= 15 is 0 Å². The minimum Gasteiger partial charge on any atom is -0.491 e. The summed E-state index contributed by atoms with van der Waals surface area (Å²) < 4.78 is 5.99. The zero-order valence-corrected chi connectivity index (χ0v) is 17.5. The predicted molar refractivity (Wildman–Crippen MR) is 115 cm³/mol. The van der Waals surface area contributed by atoms with Crippen LogP contribution in [0, 0.1) is 0 Å². The lowest BCUT2D eigenvalue weighted by molar-refractivity contribution is -0.135. The summed E-state index contributed by atoms with van der Waals surface area (Å²) in [5.74, 6) is 0.689. The highest BCUT2D eigenvalue weighted by Gasteiger charge is 2.33. The summed E-state index contributed by atoms with van der Waals surface area (Å²) in [6.45, 7) is 7.39. The van der Waals surface area contributed by atoms with Gasteiger partial charge in [0.05, 0.1) is 6.04 Å². The topological polar surface area (TPSA) is 61.9 Å². The van der Waals surface area contributed by atoms with E-state index in [1.807, 2.05) is 42.2 Å². The Bertz CT molecular complexity index is 837. The van der Waals surface area contributed by atoms with Crippen LogP contribution < -0.4 is 10.1 Å². The maximum absolute atomic E-state index is 13.2. The zero-order valence-electron chi connectivity index (χ0n) is 16.7. The van der Waals surface area contributed by atoms with Crippen LogP contribution in [-0.4, -0.2) is 54.5 Å². The lowest BCUT2D eigenvalue weighted by Crippen LogP contribution is -2.49. The first-order valence-electron chi connectivity index (χ1n) is 9.81. The van der Waals surface area contributed by atoms with Gasteiger partial charge in [0.25, 0.3) is 0 Å². The van der Waals surface area contributed by atoms with Crippen LogP contribution in [0.15, 0.2) is 54.4 Å². The molecular weight excluding hydrogens is 386 g/mol. The number of hydrogen-bond acceptors (Lipinski definition) is 4. The molecule has 1 aliphatic rings. The number of nitrogens with zero attached hydrogens (tertiary/aromatic N) is 2. The number of nitrogens with one attached hydrogen (secondary N) is 1. The molecule has 3 amide bonds. The molecule has 29 heavy (non-hydrogen) atoms. The van der Waals surface area contributed by atoms with Crippen LogP contribution in [0.1, 0.15) is 23.4 Å². The molecule has 0 bridgehead atoms. The number of ether oxygens (including phenoxy) is 1. The van der Waals surface area contributed by atoms with Crippen LogP contribution in [0.25, 0.3) is 0 Å². The van der Waals surface area contributed by atoms with Crippen LogP contribution in [-0.2, 0) is 11.2 Å². The third-order valence-electron chi connectivity index (χ3n) is 4.86. The van der Waals surface area contributed by atoms with Crippen LogP contribution >= 0.6 is 11.3 Å². The number of thiophene rings is 1. The summed E-state index contributed by atoms with van der Waals surface area (Å²) >= 11 is 1.72. The first-order chi connectivity index (χ1) is 14.1. The van der Waals surface area contributed by atoms with Gasteiger partial charge < -0.3 is 19.9 Å². The average Bonchev–Trinajstić information content (AvgIpc) is 3.21. The summed E-state index contributed by atoms with van der Waals surface area (Å²) in [4.78, 5) is 30.1. The number of benzene rings is 1. The molecule has 2 aromatic rings. The van der Waals surface area contributed by atoms with E-state index in [0.717, 1.165) is 17.7 Å². The van der Waals surface area contributed by atoms with Gasteiger partial charge in [-0.2, -0.15) is 0 Å². The Balaban J connectivity index is 1.75. The highest BCUT2D eigenvalue weighted by atomic mass is 32.1. The van der Waals surface area contributed by atoms with E-state index in [-0.39, 0.29) is 24.5 Å². The van der Waals surface area contributed by atoms with Gasteiger partial charge in [-0.05, 0) is 42.5 Å². The summed E-state index contributed by atoms with van der Waals surface area (Å²) in [5.41, 5.74) is 1.14. The van der Waals surface area contributed by atoms with Crippen molar-refractivity contribution >= 4 is 23.3 Å². The maximum Gasteiger partial charge on any atom is 0.318 e. The van der Waals surface area contributed by atoms with Gasteiger partial charge in [-0.25, -0.2) is 4.79 Å². The van der Waals surface area contributed by atoms with Crippen molar-refractivity contribution in [1.29, 1.82) is 0 Å². The predicted octanol–water partition coefficient (Wildman–Crippen LogP) is 3.47. The van der Waals surface area contributed by atoms with Gasteiger partial charge in [0.15, 0.2) is 0 Å². The highest BCUT2D eigenvalue weighted by molar-refractivity contribution is 7.10. The molecule has 1 N–H and O–H groups in total. The summed E-state index contributed by atoms with van der Waals surface area (Å²) in [6, 6.07) is 11.3. The summed E-state index contributed by atoms with van der Waals surface area (Å²) in [7, 11) is 0. The Morgan fingerprint density at radius 2 is 2.14 bits per heavy atom. The molecule has 0 unspecified atom stereocenters. The van der Waals surface area contributed by atoms with Crippen molar-refractivity contribution < 1.29 is 14.3 Å². The van der Waals surface area contributed by atoms with Gasteiger partial charge in [-0.3, -0.25) is 4.79 Å². The first kappa shape index (κ1) is 20.9. The fourth-order valence-electron chi connectivity index (χ4n) is 3.46. The second-order valence-electron chi connectivity index (χ2n) is 6.78. The monoisotopic (exact) mass is 413 g/mol. The van der Waals surface area contributed by atoms with E-state index in [4.69, 9.17) is 4.74 Å². The van der Waals surface area contributed by atoms with Gasteiger partial charge >= 0.3 is 6.03 Å². The third kappa shape index (κ3) is 5.17. The second-order valence-corrected chi connectivity index (χ2v) is 7.78. The number of hydrogen-bond donors (Lipinski definition) is 1. The number of urea groups is 1. The van der Waals surface area contributed by atoms with Gasteiger partial charge in [0.1, 0.15) is 18.9 Å². The normalized spacial score (nSPS) is 15.3.